The second kappa shape index (κ2) is 3.84. The van der Waals surface area contributed by atoms with E-state index in [1.165, 1.54) is 13.0 Å². The van der Waals surface area contributed by atoms with Gasteiger partial charge in [-0.2, -0.15) is 13.7 Å². The van der Waals surface area contributed by atoms with Gasteiger partial charge in [0, 0.05) is 5.56 Å². The molecule has 0 bridgehead atoms. The van der Waals surface area contributed by atoms with E-state index in [9.17, 15) is 12.8 Å². The van der Waals surface area contributed by atoms with Crippen LogP contribution >= 0.6 is 0 Å². The molecule has 0 radical (unpaired) electrons. The predicted molar refractivity (Wildman–Crippen MR) is 52.6 cm³/mol. The Labute approximate surface area is 86.5 Å². The predicted octanol–water partition coefficient (Wildman–Crippen LogP) is 0.621. The molecule has 3 N–H and O–H groups in total. The largest absolute Gasteiger partial charge is 0.296 e. The molecule has 0 saturated heterocycles. The second-order valence-electron chi connectivity index (χ2n) is 2.89. The molecule has 0 amide bonds. The van der Waals surface area contributed by atoms with Crippen molar-refractivity contribution in [1.82, 2.24) is 0 Å². The lowest BCUT2D eigenvalue weighted by molar-refractivity contribution is 0.602. The second-order valence-corrected chi connectivity index (χ2v) is 4.18. The maximum absolute atomic E-state index is 13.2. The van der Waals surface area contributed by atoms with Crippen molar-refractivity contribution in [3.63, 3.8) is 0 Å². The molecule has 0 fully saturated rings. The van der Waals surface area contributed by atoms with Crippen molar-refractivity contribution in [2.75, 3.05) is 4.72 Å². The van der Waals surface area contributed by atoms with E-state index in [4.69, 9.17) is 10.4 Å². The van der Waals surface area contributed by atoms with E-state index in [0.717, 1.165) is 6.07 Å². The molecule has 7 heteroatoms. The number of anilines is 1. The van der Waals surface area contributed by atoms with Gasteiger partial charge < -0.3 is 0 Å². The first-order valence-electron chi connectivity index (χ1n) is 3.84. The Bertz CT molecular complexity index is 534. The zero-order valence-corrected chi connectivity index (χ0v) is 8.60. The van der Waals surface area contributed by atoms with Gasteiger partial charge in [0.2, 0.25) is 0 Å². The third kappa shape index (κ3) is 2.90. The maximum atomic E-state index is 13.2. The topological polar surface area (TPSA) is 96.0 Å². The zero-order valence-electron chi connectivity index (χ0n) is 7.78. The van der Waals surface area contributed by atoms with Crippen molar-refractivity contribution in [3.05, 3.63) is 29.1 Å². The Morgan fingerprint density at radius 2 is 2.13 bits per heavy atom. The van der Waals surface area contributed by atoms with Crippen LogP contribution in [0.4, 0.5) is 10.1 Å². The average molecular weight is 229 g/mol. The van der Waals surface area contributed by atoms with Gasteiger partial charge in [-0.05, 0) is 19.1 Å². The highest BCUT2D eigenvalue weighted by Crippen LogP contribution is 2.20. The third-order valence-corrected chi connectivity index (χ3v) is 2.23. The van der Waals surface area contributed by atoms with Crippen LogP contribution in [0, 0.1) is 24.1 Å². The Hall–Kier alpha value is -1.65. The number of hydrogen-bond acceptors (Lipinski definition) is 3. The summed E-state index contributed by atoms with van der Waals surface area (Å²) in [7, 11) is -3.97. The van der Waals surface area contributed by atoms with Gasteiger partial charge in [-0.25, -0.2) is 9.53 Å². The average Bonchev–Trinajstić information content (AvgIpc) is 2.10. The van der Waals surface area contributed by atoms with Crippen molar-refractivity contribution in [1.29, 1.82) is 5.26 Å². The molecule has 0 aliphatic heterocycles. The number of nitriles is 1. The number of hydrogen-bond donors (Lipinski definition) is 2. The smallest absolute Gasteiger partial charge is 0.271 e. The van der Waals surface area contributed by atoms with E-state index in [-0.39, 0.29) is 16.8 Å². The summed E-state index contributed by atoms with van der Waals surface area (Å²) >= 11 is 0. The first kappa shape index (κ1) is 11.4. The summed E-state index contributed by atoms with van der Waals surface area (Å²) in [5.41, 5.74) is 0.0707. The molecule has 0 atom stereocenters. The number of nitrogens with one attached hydrogen (secondary N) is 1. The Balaban J connectivity index is 3.30. The van der Waals surface area contributed by atoms with Crippen LogP contribution in [-0.2, 0) is 10.2 Å². The number of benzene rings is 1. The highest BCUT2D eigenvalue weighted by Gasteiger charge is 2.10. The fourth-order valence-corrected chi connectivity index (χ4v) is 1.52. The van der Waals surface area contributed by atoms with Gasteiger partial charge in [0.1, 0.15) is 5.82 Å². The minimum atomic E-state index is -3.97. The van der Waals surface area contributed by atoms with Gasteiger partial charge in [-0.3, -0.25) is 4.72 Å². The molecule has 5 nitrogen and oxygen atoms in total. The molecule has 1 aromatic carbocycles. The van der Waals surface area contributed by atoms with E-state index in [0.29, 0.717) is 0 Å². The van der Waals surface area contributed by atoms with E-state index in [2.05, 4.69) is 0 Å². The molecular weight excluding hydrogens is 221 g/mol. The summed E-state index contributed by atoms with van der Waals surface area (Å²) in [5, 5.41) is 13.3. The summed E-state index contributed by atoms with van der Waals surface area (Å²) in [5.74, 6) is -0.666. The van der Waals surface area contributed by atoms with Gasteiger partial charge >= 0.3 is 0 Å². The van der Waals surface area contributed by atoms with Gasteiger partial charge in [0.05, 0.1) is 17.3 Å². The lowest BCUT2D eigenvalue weighted by Crippen LogP contribution is -2.22. The van der Waals surface area contributed by atoms with Crippen LogP contribution in [0.15, 0.2) is 12.1 Å². The van der Waals surface area contributed by atoms with Crippen LogP contribution in [0.2, 0.25) is 0 Å². The van der Waals surface area contributed by atoms with Gasteiger partial charge in [-0.15, -0.1) is 0 Å². The first-order valence-corrected chi connectivity index (χ1v) is 5.39. The van der Waals surface area contributed by atoms with Crippen LogP contribution in [-0.4, -0.2) is 8.42 Å². The van der Waals surface area contributed by atoms with Crippen LogP contribution in [0.3, 0.4) is 0 Å². The van der Waals surface area contributed by atoms with Crippen molar-refractivity contribution in [3.8, 4) is 6.07 Å². The van der Waals surface area contributed by atoms with Crippen molar-refractivity contribution in [2.45, 2.75) is 6.92 Å². The monoisotopic (exact) mass is 229 g/mol. The van der Waals surface area contributed by atoms with Crippen molar-refractivity contribution < 1.29 is 12.8 Å². The van der Waals surface area contributed by atoms with E-state index >= 15 is 0 Å². The molecule has 15 heavy (non-hydrogen) atoms. The minimum Gasteiger partial charge on any atom is -0.271 e. The van der Waals surface area contributed by atoms with Gasteiger partial charge in [-0.1, -0.05) is 0 Å². The van der Waals surface area contributed by atoms with Crippen molar-refractivity contribution in [2.24, 2.45) is 5.14 Å². The third-order valence-electron chi connectivity index (χ3n) is 1.73. The molecule has 1 rings (SSSR count). The number of halogens is 1. The van der Waals surface area contributed by atoms with E-state index < -0.39 is 16.0 Å². The molecule has 1 aromatic rings. The van der Waals surface area contributed by atoms with Crippen LogP contribution < -0.4 is 9.86 Å². The summed E-state index contributed by atoms with van der Waals surface area (Å²) in [6.07, 6.45) is 0. The molecule has 0 saturated carbocycles. The molecule has 0 aromatic heterocycles. The quantitative estimate of drug-likeness (QED) is 0.778. The molecule has 80 valence electrons. The number of nitrogens with two attached hydrogens (primary N) is 1. The highest BCUT2D eigenvalue weighted by atomic mass is 32.2. The lowest BCUT2D eigenvalue weighted by atomic mass is 10.1. The van der Waals surface area contributed by atoms with Gasteiger partial charge in [0.15, 0.2) is 0 Å². The Morgan fingerprint density at radius 1 is 1.53 bits per heavy atom. The SMILES string of the molecule is Cc1c(F)cc(C#N)cc1NS(N)(=O)=O. The summed E-state index contributed by atoms with van der Waals surface area (Å²) < 4.78 is 36.5. The zero-order chi connectivity index (χ0) is 11.6. The Morgan fingerprint density at radius 3 is 2.60 bits per heavy atom. The van der Waals surface area contributed by atoms with Gasteiger partial charge in [0.25, 0.3) is 10.2 Å². The van der Waals surface area contributed by atoms with Crippen LogP contribution in [0.5, 0.6) is 0 Å². The fraction of sp³-hybridized carbons (Fsp3) is 0.125. The normalized spacial score (nSPS) is 10.8. The highest BCUT2D eigenvalue weighted by molar-refractivity contribution is 7.90. The molecule has 0 spiro atoms. The molecule has 0 unspecified atom stereocenters. The molecule has 0 heterocycles. The summed E-state index contributed by atoms with van der Waals surface area (Å²) in [6.45, 7) is 1.38. The minimum absolute atomic E-state index is 0.0178. The van der Waals surface area contributed by atoms with Crippen LogP contribution in [0.1, 0.15) is 11.1 Å². The van der Waals surface area contributed by atoms with Crippen molar-refractivity contribution >= 4 is 15.9 Å². The number of nitrogens with zero attached hydrogens (tertiary/aromatic N) is 1. The lowest BCUT2D eigenvalue weighted by Gasteiger charge is -2.08. The maximum Gasteiger partial charge on any atom is 0.296 e. The molecule has 0 aliphatic carbocycles. The van der Waals surface area contributed by atoms with Crippen LogP contribution in [0.25, 0.3) is 0 Å². The molecular formula is C8H8FN3O2S. The number of rotatable bonds is 2. The standard InChI is InChI=1S/C8H8FN3O2S/c1-5-7(9)2-6(4-10)3-8(5)12-15(11,13)14/h2-3,12H,1H3,(H2,11,13,14). The Kier molecular flexibility index (Phi) is 2.93. The van der Waals surface area contributed by atoms with E-state index in [1.54, 1.807) is 6.07 Å². The fourth-order valence-electron chi connectivity index (χ4n) is 1.00. The first-order chi connectivity index (χ1) is 6.83. The molecule has 0 aliphatic rings. The summed E-state index contributed by atoms with van der Waals surface area (Å²) in [6, 6.07) is 3.93. The van der Waals surface area contributed by atoms with E-state index in [1.807, 2.05) is 4.72 Å². The summed E-state index contributed by atoms with van der Waals surface area (Å²) in [4.78, 5) is 0.